The van der Waals surface area contributed by atoms with Gasteiger partial charge in [-0.2, -0.15) is 8.42 Å². The minimum Gasteiger partial charge on any atom is -0.465 e. The molecule has 1 fully saturated rings. The van der Waals surface area contributed by atoms with Gasteiger partial charge in [0.25, 0.3) is 11.8 Å². The second kappa shape index (κ2) is 6.54. The molecule has 1 saturated heterocycles. The number of hydrogen-bond acceptors (Lipinski definition) is 6. The lowest BCUT2D eigenvalue weighted by Gasteiger charge is -2.35. The smallest absolute Gasteiger partial charge is 0.405 e. The summed E-state index contributed by atoms with van der Waals surface area (Å²) in [4.78, 5) is 45.8. The van der Waals surface area contributed by atoms with Crippen molar-refractivity contribution in [2.45, 2.75) is 6.04 Å². The van der Waals surface area contributed by atoms with E-state index in [2.05, 4.69) is 0 Å². The fourth-order valence-corrected chi connectivity index (χ4v) is 2.58. The topological polar surface area (TPSA) is 162 Å². The van der Waals surface area contributed by atoms with Crippen LogP contribution in [0.3, 0.4) is 0 Å². The molecule has 2 rings (SSSR count). The molecule has 1 atom stereocenters. The SMILES string of the molecule is O=C(O)NC1CN(C(=O)NS(=O)(=O)NC(=O)c2ccccc2)C1=O. The third-order valence-corrected chi connectivity index (χ3v) is 3.85. The average molecular weight is 356 g/mol. The number of rotatable bonds is 4. The average Bonchev–Trinajstić information content (AvgIpc) is 2.50. The number of nitrogens with one attached hydrogen (secondary N) is 3. The van der Waals surface area contributed by atoms with Crippen molar-refractivity contribution in [1.82, 2.24) is 19.7 Å². The Balaban J connectivity index is 1.93. The highest BCUT2D eigenvalue weighted by atomic mass is 32.2. The van der Waals surface area contributed by atoms with E-state index in [1.165, 1.54) is 29.0 Å². The first kappa shape index (κ1) is 17.2. The summed E-state index contributed by atoms with van der Waals surface area (Å²) in [6, 6.07) is 5.00. The maximum Gasteiger partial charge on any atom is 0.405 e. The molecule has 0 saturated carbocycles. The number of carbonyl (C=O) groups is 4. The van der Waals surface area contributed by atoms with Crippen molar-refractivity contribution in [2.75, 3.05) is 6.54 Å². The Hall–Kier alpha value is -3.15. The van der Waals surface area contributed by atoms with Crippen molar-refractivity contribution < 1.29 is 32.7 Å². The van der Waals surface area contributed by atoms with Crippen LogP contribution in [0.25, 0.3) is 0 Å². The van der Waals surface area contributed by atoms with Crippen LogP contribution in [0.15, 0.2) is 30.3 Å². The van der Waals surface area contributed by atoms with Gasteiger partial charge in [-0.1, -0.05) is 18.2 Å². The molecule has 1 unspecified atom stereocenters. The molecule has 5 amide bonds. The zero-order valence-electron chi connectivity index (χ0n) is 11.9. The molecule has 1 aromatic carbocycles. The molecule has 11 nitrogen and oxygen atoms in total. The summed E-state index contributed by atoms with van der Waals surface area (Å²) in [6.45, 7) is -0.320. The number of benzene rings is 1. The Labute approximate surface area is 135 Å². The van der Waals surface area contributed by atoms with Crippen LogP contribution in [0.4, 0.5) is 9.59 Å². The van der Waals surface area contributed by atoms with Crippen LogP contribution >= 0.6 is 0 Å². The van der Waals surface area contributed by atoms with Gasteiger partial charge in [0.15, 0.2) is 0 Å². The summed E-state index contributed by atoms with van der Waals surface area (Å²) in [5.41, 5.74) is 0.0565. The van der Waals surface area contributed by atoms with Crippen molar-refractivity contribution in [3.8, 4) is 0 Å². The van der Waals surface area contributed by atoms with E-state index in [-0.39, 0.29) is 12.1 Å². The molecule has 1 aliphatic rings. The second-order valence-electron chi connectivity index (χ2n) is 4.66. The summed E-state index contributed by atoms with van der Waals surface area (Å²) in [7, 11) is -4.54. The van der Waals surface area contributed by atoms with E-state index in [0.717, 1.165) is 0 Å². The molecule has 12 heteroatoms. The summed E-state index contributed by atoms with van der Waals surface area (Å²) in [5.74, 6) is -1.87. The molecular weight excluding hydrogens is 344 g/mol. The number of nitrogens with zero attached hydrogens (tertiary/aromatic N) is 1. The molecule has 4 N–H and O–H groups in total. The van der Waals surface area contributed by atoms with Gasteiger partial charge in [0, 0.05) is 5.56 Å². The van der Waals surface area contributed by atoms with Gasteiger partial charge in [0.05, 0.1) is 6.54 Å². The number of carboxylic acid groups (broad SMARTS) is 1. The lowest BCUT2D eigenvalue weighted by Crippen LogP contribution is -2.67. The van der Waals surface area contributed by atoms with Gasteiger partial charge in [-0.05, 0) is 12.1 Å². The molecule has 0 spiro atoms. The summed E-state index contributed by atoms with van der Waals surface area (Å²) >= 11 is 0. The van der Waals surface area contributed by atoms with Gasteiger partial charge in [-0.15, -0.1) is 0 Å². The van der Waals surface area contributed by atoms with E-state index in [1.54, 1.807) is 10.8 Å². The predicted octanol–water partition coefficient (Wildman–Crippen LogP) is -1.15. The van der Waals surface area contributed by atoms with Crippen LogP contribution in [0.2, 0.25) is 0 Å². The molecule has 0 bridgehead atoms. The lowest BCUT2D eigenvalue weighted by molar-refractivity contribution is -0.138. The third-order valence-electron chi connectivity index (χ3n) is 2.96. The molecule has 24 heavy (non-hydrogen) atoms. The molecule has 1 aromatic rings. The van der Waals surface area contributed by atoms with Gasteiger partial charge >= 0.3 is 22.3 Å². The maximum atomic E-state index is 11.7. The molecule has 128 valence electrons. The lowest BCUT2D eigenvalue weighted by atomic mass is 10.1. The Morgan fingerprint density at radius 3 is 2.29 bits per heavy atom. The molecule has 0 aromatic heterocycles. The van der Waals surface area contributed by atoms with E-state index in [9.17, 15) is 27.6 Å². The quantitative estimate of drug-likeness (QED) is 0.495. The zero-order valence-corrected chi connectivity index (χ0v) is 12.7. The number of imide groups is 1. The monoisotopic (exact) mass is 356 g/mol. The number of likely N-dealkylation sites (tertiary alicyclic amines) is 1. The Morgan fingerprint density at radius 1 is 1.12 bits per heavy atom. The molecule has 1 heterocycles. The van der Waals surface area contributed by atoms with Gasteiger partial charge < -0.3 is 10.4 Å². The third kappa shape index (κ3) is 3.98. The number of urea groups is 1. The van der Waals surface area contributed by atoms with Gasteiger partial charge in [0.1, 0.15) is 6.04 Å². The predicted molar refractivity (Wildman–Crippen MR) is 78.0 cm³/mol. The number of amides is 5. The normalized spacial score (nSPS) is 16.8. The fourth-order valence-electron chi connectivity index (χ4n) is 1.83. The van der Waals surface area contributed by atoms with E-state index in [4.69, 9.17) is 5.11 Å². The number of carbonyl (C=O) groups excluding carboxylic acids is 3. The van der Waals surface area contributed by atoms with E-state index in [1.807, 2.05) is 5.32 Å². The van der Waals surface area contributed by atoms with Crippen molar-refractivity contribution >= 4 is 34.1 Å². The van der Waals surface area contributed by atoms with Crippen LogP contribution in [-0.4, -0.2) is 54.9 Å². The molecule has 0 radical (unpaired) electrons. The minimum atomic E-state index is -4.54. The Kier molecular flexibility index (Phi) is 4.69. The van der Waals surface area contributed by atoms with Crippen LogP contribution in [0.1, 0.15) is 10.4 Å². The summed E-state index contributed by atoms with van der Waals surface area (Å²) < 4.78 is 26.6. The molecule has 1 aliphatic heterocycles. The minimum absolute atomic E-state index is 0.0565. The second-order valence-corrected chi connectivity index (χ2v) is 6.07. The van der Waals surface area contributed by atoms with E-state index in [0.29, 0.717) is 4.90 Å². The maximum absolute atomic E-state index is 11.7. The van der Waals surface area contributed by atoms with E-state index >= 15 is 0 Å². The fraction of sp³-hybridized carbons (Fsp3) is 0.167. The largest absolute Gasteiger partial charge is 0.465 e. The van der Waals surface area contributed by atoms with Gasteiger partial charge in [-0.25, -0.2) is 19.0 Å². The molecule has 0 aliphatic carbocycles. The first-order valence-electron chi connectivity index (χ1n) is 6.44. The van der Waals surface area contributed by atoms with Crippen LogP contribution in [0.5, 0.6) is 0 Å². The first-order valence-corrected chi connectivity index (χ1v) is 7.92. The van der Waals surface area contributed by atoms with E-state index < -0.39 is 40.2 Å². The van der Waals surface area contributed by atoms with Crippen LogP contribution in [0, 0.1) is 0 Å². The van der Waals surface area contributed by atoms with Gasteiger partial charge in [-0.3, -0.25) is 14.5 Å². The first-order chi connectivity index (χ1) is 11.2. The van der Waals surface area contributed by atoms with Crippen LogP contribution in [-0.2, 0) is 15.0 Å². The highest BCUT2D eigenvalue weighted by Crippen LogP contribution is 2.10. The Morgan fingerprint density at radius 2 is 1.75 bits per heavy atom. The Bertz CT molecular complexity index is 793. The highest BCUT2D eigenvalue weighted by Gasteiger charge is 2.43. The standard InChI is InChI=1S/C12H12N4O7S/c17-9(7-4-2-1-3-5-7)14-24(22,23)15-11(19)16-6-8(10(16)18)13-12(20)21/h1-5,8,13H,6H2,(H,14,17)(H,15,19)(H,20,21). The highest BCUT2D eigenvalue weighted by molar-refractivity contribution is 7.88. The summed E-state index contributed by atoms with van der Waals surface area (Å²) in [6.07, 6.45) is -1.45. The summed E-state index contributed by atoms with van der Waals surface area (Å²) in [5, 5.41) is 10.3. The van der Waals surface area contributed by atoms with Crippen molar-refractivity contribution in [1.29, 1.82) is 0 Å². The van der Waals surface area contributed by atoms with Gasteiger partial charge in [0.2, 0.25) is 0 Å². The number of β-lactam (4-membered cyclic amide) rings is 1. The molecular formula is C12H12N4O7S. The number of hydrogen-bond donors (Lipinski definition) is 4. The van der Waals surface area contributed by atoms with Crippen molar-refractivity contribution in [3.63, 3.8) is 0 Å². The van der Waals surface area contributed by atoms with Crippen molar-refractivity contribution in [3.05, 3.63) is 35.9 Å². The van der Waals surface area contributed by atoms with Crippen molar-refractivity contribution in [2.24, 2.45) is 0 Å². The zero-order chi connectivity index (χ0) is 17.9. The van der Waals surface area contributed by atoms with Crippen LogP contribution < -0.4 is 14.8 Å².